The van der Waals surface area contributed by atoms with Gasteiger partial charge in [0.2, 0.25) is 0 Å². The summed E-state index contributed by atoms with van der Waals surface area (Å²) >= 11 is 1.15. The molecule has 3 aromatic heterocycles. The van der Waals surface area contributed by atoms with Gasteiger partial charge in [-0.25, -0.2) is 9.78 Å². The van der Waals surface area contributed by atoms with E-state index < -0.39 is 17.8 Å². The van der Waals surface area contributed by atoms with E-state index >= 15 is 0 Å². The number of nitrogens with zero attached hydrogens (tertiary/aromatic N) is 3. The molecule has 0 radical (unpaired) electrons. The summed E-state index contributed by atoms with van der Waals surface area (Å²) < 4.78 is 1.85. The van der Waals surface area contributed by atoms with E-state index in [1.807, 2.05) is 28.8 Å². The minimum atomic E-state index is -0.771. The van der Waals surface area contributed by atoms with Crippen LogP contribution >= 0.6 is 11.3 Å². The highest BCUT2D eigenvalue weighted by Crippen LogP contribution is 2.28. The fourth-order valence-electron chi connectivity index (χ4n) is 2.94. The van der Waals surface area contributed by atoms with E-state index in [0.717, 1.165) is 22.5 Å². The Balaban J connectivity index is 1.47. The maximum atomic E-state index is 12.5. The summed E-state index contributed by atoms with van der Waals surface area (Å²) in [7, 11) is 0. The second-order valence-corrected chi connectivity index (χ2v) is 6.70. The fourth-order valence-corrected chi connectivity index (χ4v) is 3.84. The highest BCUT2D eigenvalue weighted by atomic mass is 32.1. The van der Waals surface area contributed by atoms with Gasteiger partial charge < -0.3 is 4.84 Å². The van der Waals surface area contributed by atoms with Gasteiger partial charge in [-0.05, 0) is 30.3 Å². The molecule has 0 saturated heterocycles. The number of hydrogen-bond acceptors (Lipinski definition) is 6. The third kappa shape index (κ3) is 1.99. The van der Waals surface area contributed by atoms with E-state index in [2.05, 4.69) is 4.98 Å². The minimum absolute atomic E-state index is 0.221. The Kier molecular flexibility index (Phi) is 2.98. The molecule has 0 atom stereocenters. The lowest BCUT2D eigenvalue weighted by molar-refractivity contribution is -0.0581. The first-order valence-electron chi connectivity index (χ1n) is 7.70. The summed E-state index contributed by atoms with van der Waals surface area (Å²) in [6.45, 7) is 0. The first-order chi connectivity index (χ1) is 12.6. The smallest absolute Gasteiger partial charge is 0.323 e. The normalized spacial score (nSPS) is 13.6. The number of benzene rings is 1. The van der Waals surface area contributed by atoms with Gasteiger partial charge in [-0.15, -0.1) is 11.3 Å². The van der Waals surface area contributed by atoms with Crippen LogP contribution in [-0.2, 0) is 4.84 Å². The number of imide groups is 1. The fraction of sp³-hybridized carbons (Fsp3) is 0. The van der Waals surface area contributed by atoms with Crippen molar-refractivity contribution in [3.05, 3.63) is 70.7 Å². The van der Waals surface area contributed by atoms with Crippen LogP contribution in [0.15, 0.2) is 54.7 Å². The van der Waals surface area contributed by atoms with Gasteiger partial charge >= 0.3 is 5.97 Å². The van der Waals surface area contributed by atoms with Crippen molar-refractivity contribution in [3.8, 4) is 0 Å². The number of carbonyl (C=O) groups excluding carboxylic acids is 3. The van der Waals surface area contributed by atoms with Crippen LogP contribution in [0.5, 0.6) is 0 Å². The van der Waals surface area contributed by atoms with Crippen molar-refractivity contribution < 1.29 is 19.2 Å². The van der Waals surface area contributed by atoms with E-state index in [4.69, 9.17) is 4.84 Å². The Labute approximate surface area is 150 Å². The third-order valence-electron chi connectivity index (χ3n) is 4.14. The summed E-state index contributed by atoms with van der Waals surface area (Å²) in [4.78, 5) is 47.5. The summed E-state index contributed by atoms with van der Waals surface area (Å²) in [5.41, 5.74) is 1.98. The first kappa shape index (κ1) is 14.8. The number of amides is 2. The van der Waals surface area contributed by atoms with Crippen LogP contribution in [0.1, 0.15) is 30.4 Å². The molecule has 5 rings (SSSR count). The molecule has 2 amide bonds. The molecule has 1 aliphatic rings. The van der Waals surface area contributed by atoms with Crippen molar-refractivity contribution in [1.82, 2.24) is 14.4 Å². The number of hydroxylamine groups is 2. The molecule has 0 spiro atoms. The Morgan fingerprint density at radius 3 is 2.42 bits per heavy atom. The molecule has 0 saturated carbocycles. The number of hydrogen-bond donors (Lipinski definition) is 0. The zero-order valence-electron chi connectivity index (χ0n) is 13.1. The van der Waals surface area contributed by atoms with Gasteiger partial charge in [0.05, 0.1) is 16.6 Å². The predicted octanol–water partition coefficient (Wildman–Crippen LogP) is 2.92. The van der Waals surface area contributed by atoms with E-state index in [-0.39, 0.29) is 16.0 Å². The Hall–Kier alpha value is -3.52. The van der Waals surface area contributed by atoms with Crippen LogP contribution in [0, 0.1) is 0 Å². The van der Waals surface area contributed by atoms with Crippen LogP contribution in [0.2, 0.25) is 0 Å². The molecule has 0 bridgehead atoms. The molecule has 0 N–H and O–H groups in total. The molecular formula is C18H9N3O4S. The molecule has 26 heavy (non-hydrogen) atoms. The SMILES string of the molecule is O=C(ON1C(=O)c2ccccc2C1=O)c1cc2c(nc3ccccn32)s1. The third-order valence-corrected chi connectivity index (χ3v) is 5.14. The maximum Gasteiger partial charge on any atom is 0.373 e. The van der Waals surface area contributed by atoms with Crippen LogP contribution in [0.3, 0.4) is 0 Å². The van der Waals surface area contributed by atoms with Gasteiger partial charge in [0, 0.05) is 6.20 Å². The Bertz CT molecular complexity index is 1200. The van der Waals surface area contributed by atoms with Gasteiger partial charge in [-0.2, -0.15) is 0 Å². The molecule has 126 valence electrons. The van der Waals surface area contributed by atoms with Gasteiger partial charge in [0.1, 0.15) is 15.4 Å². The topological polar surface area (TPSA) is 81.0 Å². The summed E-state index contributed by atoms with van der Waals surface area (Å²) in [5.74, 6) is -2.06. The van der Waals surface area contributed by atoms with Gasteiger partial charge in [0.25, 0.3) is 11.8 Å². The molecular weight excluding hydrogens is 354 g/mol. The van der Waals surface area contributed by atoms with Gasteiger partial charge in [-0.1, -0.05) is 23.3 Å². The van der Waals surface area contributed by atoms with Gasteiger partial charge in [0.15, 0.2) is 0 Å². The second-order valence-electron chi connectivity index (χ2n) is 5.67. The predicted molar refractivity (Wildman–Crippen MR) is 92.9 cm³/mol. The van der Waals surface area contributed by atoms with Crippen molar-refractivity contribution in [2.75, 3.05) is 0 Å². The van der Waals surface area contributed by atoms with Gasteiger partial charge in [-0.3, -0.25) is 14.0 Å². The highest BCUT2D eigenvalue weighted by molar-refractivity contribution is 7.20. The molecule has 4 heterocycles. The summed E-state index contributed by atoms with van der Waals surface area (Å²) in [6, 6.07) is 13.6. The molecule has 8 heteroatoms. The lowest BCUT2D eigenvalue weighted by atomic mass is 10.1. The molecule has 1 aliphatic heterocycles. The largest absolute Gasteiger partial charge is 0.373 e. The number of aromatic nitrogens is 2. The highest BCUT2D eigenvalue weighted by Gasteiger charge is 2.39. The number of rotatable bonds is 2. The molecule has 4 aromatic rings. The lowest BCUT2D eigenvalue weighted by Gasteiger charge is -2.11. The maximum absolute atomic E-state index is 12.5. The van der Waals surface area contributed by atoms with E-state index in [9.17, 15) is 14.4 Å². The van der Waals surface area contributed by atoms with Crippen molar-refractivity contribution in [1.29, 1.82) is 0 Å². The zero-order chi connectivity index (χ0) is 17.8. The minimum Gasteiger partial charge on any atom is -0.323 e. The molecule has 0 unspecified atom stereocenters. The summed E-state index contributed by atoms with van der Waals surface area (Å²) in [6.07, 6.45) is 1.84. The standard InChI is InChI=1S/C18H9N3O4S/c22-16-10-5-1-2-6-11(10)17(23)21(16)25-18(24)13-9-12-15(26-13)19-14-7-3-4-8-20(12)14/h1-9H. The molecule has 7 nitrogen and oxygen atoms in total. The zero-order valence-corrected chi connectivity index (χ0v) is 13.9. The average molecular weight is 363 g/mol. The molecule has 0 fully saturated rings. The van der Waals surface area contributed by atoms with Crippen molar-refractivity contribution in [3.63, 3.8) is 0 Å². The van der Waals surface area contributed by atoms with Crippen LogP contribution < -0.4 is 0 Å². The Morgan fingerprint density at radius 2 is 1.69 bits per heavy atom. The number of imidazole rings is 1. The number of carbonyl (C=O) groups is 3. The van der Waals surface area contributed by atoms with Crippen molar-refractivity contribution >= 4 is 45.1 Å². The van der Waals surface area contributed by atoms with E-state index in [1.165, 1.54) is 12.1 Å². The van der Waals surface area contributed by atoms with E-state index in [0.29, 0.717) is 9.89 Å². The van der Waals surface area contributed by atoms with Crippen LogP contribution in [-0.4, -0.2) is 32.2 Å². The van der Waals surface area contributed by atoms with Crippen LogP contribution in [0.25, 0.3) is 16.0 Å². The first-order valence-corrected chi connectivity index (χ1v) is 8.52. The average Bonchev–Trinajstić information content (AvgIpc) is 3.29. The number of thiophene rings is 1. The van der Waals surface area contributed by atoms with Crippen molar-refractivity contribution in [2.24, 2.45) is 0 Å². The lowest BCUT2D eigenvalue weighted by Crippen LogP contribution is -2.32. The monoisotopic (exact) mass is 363 g/mol. The summed E-state index contributed by atoms with van der Waals surface area (Å²) in [5, 5.41) is 0.510. The molecule has 1 aromatic carbocycles. The quantitative estimate of drug-likeness (QED) is 0.512. The number of fused-ring (bicyclic) bond motifs is 4. The second kappa shape index (κ2) is 5.24. The molecule has 0 aliphatic carbocycles. The van der Waals surface area contributed by atoms with E-state index in [1.54, 1.807) is 18.2 Å². The van der Waals surface area contributed by atoms with Crippen LogP contribution in [0.4, 0.5) is 0 Å². The number of pyridine rings is 1. The van der Waals surface area contributed by atoms with Crippen molar-refractivity contribution in [2.45, 2.75) is 0 Å². The Morgan fingerprint density at radius 1 is 1.00 bits per heavy atom.